The fourth-order valence-electron chi connectivity index (χ4n) is 4.55. The highest BCUT2D eigenvalue weighted by molar-refractivity contribution is 7.84. The van der Waals surface area contributed by atoms with E-state index >= 15 is 0 Å². The molecular weight excluding hydrogens is 534 g/mol. The Bertz CT molecular complexity index is 1710. The van der Waals surface area contributed by atoms with E-state index in [1.807, 2.05) is 67.6 Å². The average molecular weight is 563 g/mol. The first-order valence-corrected chi connectivity index (χ1v) is 14.8. The summed E-state index contributed by atoms with van der Waals surface area (Å²) in [5, 5.41) is 0.764. The van der Waals surface area contributed by atoms with Crippen molar-refractivity contribution in [1.29, 1.82) is 0 Å². The van der Waals surface area contributed by atoms with Crippen molar-refractivity contribution in [1.82, 2.24) is 4.72 Å². The number of anilines is 1. The Morgan fingerprint density at radius 3 is 2.51 bits per heavy atom. The number of rotatable bonds is 8. The van der Waals surface area contributed by atoms with Gasteiger partial charge in [0.2, 0.25) is 17.9 Å². The van der Waals surface area contributed by atoms with E-state index in [0.717, 1.165) is 43.4 Å². The summed E-state index contributed by atoms with van der Waals surface area (Å²) in [4.78, 5) is 14.5. The maximum Gasteiger partial charge on any atom is 0.359 e. The topological polar surface area (TPSA) is 99.8 Å². The molecule has 0 radical (unpaired) electrons. The second kappa shape index (κ2) is 11.0. The summed E-state index contributed by atoms with van der Waals surface area (Å²) in [6, 6.07) is 24.0. The quantitative estimate of drug-likeness (QED) is 0.223. The van der Waals surface area contributed by atoms with E-state index in [-0.39, 0.29) is 6.54 Å². The first kappa shape index (κ1) is 26.6. The molecule has 0 fully saturated rings. The Labute approximate surface area is 231 Å². The van der Waals surface area contributed by atoms with Gasteiger partial charge in [-0.3, -0.25) is 9.35 Å². The van der Waals surface area contributed by atoms with E-state index in [9.17, 15) is 13.2 Å². The van der Waals surface area contributed by atoms with E-state index in [2.05, 4.69) is 36.1 Å². The van der Waals surface area contributed by atoms with Crippen molar-refractivity contribution in [2.24, 2.45) is 0 Å². The van der Waals surface area contributed by atoms with Crippen LogP contribution in [0.3, 0.4) is 0 Å². The van der Waals surface area contributed by atoms with Gasteiger partial charge in [-0.15, -0.1) is 0 Å². The largest absolute Gasteiger partial charge is 0.439 e. The molecule has 1 aliphatic rings. The molecule has 8 nitrogen and oxygen atoms in total. The monoisotopic (exact) mass is 562 g/mol. The number of amides is 1. The normalized spacial score (nSPS) is 14.5. The molecule has 0 saturated carbocycles. The zero-order chi connectivity index (χ0) is 27.6. The number of hydrogen-bond acceptors (Lipinski definition) is 6. The molecule has 5 rings (SSSR count). The second-order valence-electron chi connectivity index (χ2n) is 8.94. The Balaban J connectivity index is 1.50. The fraction of sp³-hybridized carbons (Fsp3) is 0.172. The fourth-order valence-corrected chi connectivity index (χ4v) is 6.04. The number of carbonyl (C=O) groups excluding carboxylic acids is 1. The molecule has 1 aliphatic heterocycles. The van der Waals surface area contributed by atoms with Crippen molar-refractivity contribution in [3.8, 4) is 16.9 Å². The van der Waals surface area contributed by atoms with Crippen LogP contribution in [0.15, 0.2) is 90.3 Å². The first-order chi connectivity index (χ1) is 18.8. The number of carbonyl (C=O) groups is 1. The van der Waals surface area contributed by atoms with Crippen LogP contribution in [-0.4, -0.2) is 25.4 Å². The van der Waals surface area contributed by atoms with E-state index in [0.29, 0.717) is 18.8 Å². The summed E-state index contributed by atoms with van der Waals surface area (Å²) in [6.45, 7) is 4.56. The van der Waals surface area contributed by atoms with Crippen molar-refractivity contribution in [2.75, 3.05) is 11.4 Å². The van der Waals surface area contributed by atoms with Gasteiger partial charge in [0.15, 0.2) is 5.75 Å². The molecule has 0 aliphatic carbocycles. The van der Waals surface area contributed by atoms with Gasteiger partial charge in [-0.25, -0.2) is 4.72 Å². The van der Waals surface area contributed by atoms with E-state index in [1.165, 1.54) is 11.3 Å². The summed E-state index contributed by atoms with van der Waals surface area (Å²) in [6.07, 6.45) is 4.67. The number of nitrogens with zero attached hydrogens (tertiary/aromatic N) is 2. The number of aromatic nitrogens is 1. The van der Waals surface area contributed by atoms with Crippen molar-refractivity contribution in [3.63, 3.8) is 0 Å². The van der Waals surface area contributed by atoms with Gasteiger partial charge in [0.05, 0.1) is 5.69 Å². The molecule has 0 spiro atoms. The van der Waals surface area contributed by atoms with Crippen LogP contribution < -0.4 is 18.9 Å². The molecule has 0 saturated heterocycles. The highest BCUT2D eigenvalue weighted by Crippen LogP contribution is 2.42. The summed E-state index contributed by atoms with van der Waals surface area (Å²) >= 11 is 1.49. The number of fused-ring (bicyclic) bond motifs is 2. The lowest BCUT2D eigenvalue weighted by Gasteiger charge is -2.16. The first-order valence-electron chi connectivity index (χ1n) is 12.5. The van der Waals surface area contributed by atoms with Gasteiger partial charge in [-0.05, 0) is 48.2 Å². The molecule has 4 aromatic rings. The Morgan fingerprint density at radius 1 is 1.05 bits per heavy atom. The molecule has 3 aromatic carbocycles. The molecule has 1 aromatic heterocycles. The molecular formula is C29H28N3O5S2+. The highest BCUT2D eigenvalue weighted by Gasteiger charge is 2.27. The van der Waals surface area contributed by atoms with Crippen LogP contribution in [0.25, 0.3) is 27.4 Å². The van der Waals surface area contributed by atoms with E-state index in [4.69, 9.17) is 9.29 Å². The molecule has 200 valence electrons. The number of thiazole rings is 1. The van der Waals surface area contributed by atoms with Crippen LogP contribution in [0.1, 0.15) is 25.3 Å². The second-order valence-corrected chi connectivity index (χ2v) is 11.2. The smallest absolute Gasteiger partial charge is 0.359 e. The van der Waals surface area contributed by atoms with Gasteiger partial charge in [0, 0.05) is 24.8 Å². The van der Waals surface area contributed by atoms with Crippen LogP contribution in [0.2, 0.25) is 0 Å². The molecule has 0 unspecified atom stereocenters. The number of para-hydroxylation sites is 1. The van der Waals surface area contributed by atoms with Gasteiger partial charge < -0.3 is 9.64 Å². The minimum Gasteiger partial charge on any atom is -0.439 e. The highest BCUT2D eigenvalue weighted by atomic mass is 32.2. The van der Waals surface area contributed by atoms with Gasteiger partial charge in [0.1, 0.15) is 4.70 Å². The van der Waals surface area contributed by atoms with Gasteiger partial charge >= 0.3 is 16.2 Å². The maximum absolute atomic E-state index is 12.4. The van der Waals surface area contributed by atoms with E-state index < -0.39 is 16.2 Å². The zero-order valence-corrected chi connectivity index (χ0v) is 23.1. The Kier molecular flexibility index (Phi) is 7.51. The minimum atomic E-state index is -4.65. The third kappa shape index (κ3) is 5.88. The predicted octanol–water partition coefficient (Wildman–Crippen LogP) is 5.33. The Morgan fingerprint density at radius 2 is 1.79 bits per heavy atom. The molecule has 1 amide bonds. The summed E-state index contributed by atoms with van der Waals surface area (Å²) < 4.78 is 42.0. The molecule has 10 heteroatoms. The van der Waals surface area contributed by atoms with Crippen LogP contribution >= 0.6 is 11.3 Å². The average Bonchev–Trinajstić information content (AvgIpc) is 3.44. The third-order valence-corrected chi connectivity index (χ3v) is 7.96. The van der Waals surface area contributed by atoms with Gasteiger partial charge in [-0.1, -0.05) is 66.8 Å². The predicted molar refractivity (Wildman–Crippen MR) is 154 cm³/mol. The van der Waals surface area contributed by atoms with Crippen LogP contribution in [0.5, 0.6) is 5.75 Å². The third-order valence-electron chi connectivity index (χ3n) is 6.36. The van der Waals surface area contributed by atoms with E-state index in [1.54, 1.807) is 9.29 Å². The molecule has 0 atom stereocenters. The lowest BCUT2D eigenvalue weighted by molar-refractivity contribution is -0.655. The number of ether oxygens (including phenoxy) is 1. The summed E-state index contributed by atoms with van der Waals surface area (Å²) in [5.41, 5.74) is 5.00. The van der Waals surface area contributed by atoms with Crippen LogP contribution in [0, 0.1) is 0 Å². The molecule has 2 heterocycles. The zero-order valence-electron chi connectivity index (χ0n) is 21.5. The molecule has 2 N–H and O–H groups in total. The summed E-state index contributed by atoms with van der Waals surface area (Å²) in [7, 11) is -4.65. The molecule has 0 bridgehead atoms. The van der Waals surface area contributed by atoms with Crippen molar-refractivity contribution in [2.45, 2.75) is 26.8 Å². The standard InChI is InChI=1S/C29H27N3O5S2/c1-3-20(17-29-32(19-27(33)30-39(34,35)36)23-12-8-9-13-26(23)38-29)16-28-31(4-2)24-18-22(14-15-25(24)37-28)21-10-6-5-7-11-21/h5-18H,3-4,19H2,1-2H3,(H-,30,33,34,35,36)/p+1. The van der Waals surface area contributed by atoms with Crippen molar-refractivity contribution in [3.05, 3.63) is 95.3 Å². The lowest BCUT2D eigenvalue weighted by atomic mass is 10.0. The Hall–Kier alpha value is -3.99. The van der Waals surface area contributed by atoms with Crippen molar-refractivity contribution < 1.29 is 27.1 Å². The minimum absolute atomic E-state index is 0.269. The van der Waals surface area contributed by atoms with Crippen molar-refractivity contribution >= 4 is 49.5 Å². The lowest BCUT2D eigenvalue weighted by Crippen LogP contribution is -2.45. The number of allylic oxidation sites excluding steroid dienone is 2. The van der Waals surface area contributed by atoms with Gasteiger partial charge in [-0.2, -0.15) is 13.0 Å². The van der Waals surface area contributed by atoms with Gasteiger partial charge in [0.25, 0.3) is 5.01 Å². The summed E-state index contributed by atoms with van der Waals surface area (Å²) in [5.74, 6) is 0.665. The number of hydrogen-bond donors (Lipinski definition) is 2. The van der Waals surface area contributed by atoms with Crippen LogP contribution in [-0.2, 0) is 21.6 Å². The number of benzene rings is 3. The maximum atomic E-state index is 12.4. The molecule has 39 heavy (non-hydrogen) atoms. The van der Waals surface area contributed by atoms with Crippen LogP contribution in [0.4, 0.5) is 5.69 Å². The number of nitrogens with one attached hydrogen (secondary N) is 1. The SMILES string of the molecule is CCC(/C=C1\Oc2ccc(-c3ccccc3)cc2N1CC)=C\c1sc2ccccc2[n+]1CC(=O)NS(=O)(=O)O.